The van der Waals surface area contributed by atoms with Crippen LogP contribution in [-0.2, 0) is 5.41 Å². The van der Waals surface area contributed by atoms with E-state index in [-0.39, 0.29) is 0 Å². The monoisotopic (exact) mass is 731 g/mol. The van der Waals surface area contributed by atoms with Gasteiger partial charge in [-0.1, -0.05) is 146 Å². The van der Waals surface area contributed by atoms with E-state index in [2.05, 4.69) is 204 Å². The molecule has 4 nitrogen and oxygen atoms in total. The average Bonchev–Trinajstić information content (AvgIpc) is 3.70. The predicted octanol–water partition coefficient (Wildman–Crippen LogP) is 13.2. The van der Waals surface area contributed by atoms with Gasteiger partial charge < -0.3 is 9.64 Å². The molecule has 0 fully saturated rings. The summed E-state index contributed by atoms with van der Waals surface area (Å²) in [4.78, 5) is 7.92. The van der Waals surface area contributed by atoms with Crippen LogP contribution < -0.4 is 9.64 Å². The summed E-state index contributed by atoms with van der Waals surface area (Å²) in [5.41, 5.74) is 12.0. The van der Waals surface area contributed by atoms with Crippen LogP contribution in [0.5, 0.6) is 5.75 Å². The zero-order valence-corrected chi connectivity index (χ0v) is 31.4. The fraction of sp³-hybridized carbons (Fsp3) is 0.0377. The number of benzene rings is 9. The number of hydrogen-bond donors (Lipinski definition) is 0. The number of para-hydroxylation sites is 2. The summed E-state index contributed by atoms with van der Waals surface area (Å²) in [6, 6.07) is 74.2. The normalized spacial score (nSPS) is 13.1. The standard InChI is InChI=1S/C53H37N3O/c1-57-41-34-32-40(33-35-41)56-51-45-23-11-9-21-43(45)42-20-8-10-22-44(42)50(51)54-52(56)36-28-30-39(31-29-36)55-48-26-14-12-24-46(48)53(37-16-4-2-5-17-37,38-18-6-3-7-19-38)47-25-13-15-27-49(47)55/h2-35H,1H3. The van der Waals surface area contributed by atoms with E-state index < -0.39 is 5.41 Å². The molecule has 0 saturated heterocycles. The van der Waals surface area contributed by atoms with Gasteiger partial charge >= 0.3 is 0 Å². The highest BCUT2D eigenvalue weighted by Crippen LogP contribution is 2.57. The smallest absolute Gasteiger partial charge is 0.145 e. The molecule has 1 aromatic heterocycles. The fourth-order valence-corrected chi connectivity index (χ4v) is 9.33. The zero-order chi connectivity index (χ0) is 37.9. The SMILES string of the molecule is COc1ccc(-n2c(-c3ccc(N4c5ccccc5C(c5ccccc5)(c5ccccc5)c5ccccc54)cc3)nc3c4ccccc4c4ccccc4c32)cc1. The first-order valence-electron chi connectivity index (χ1n) is 19.4. The molecule has 0 atom stereocenters. The van der Waals surface area contributed by atoms with Gasteiger partial charge in [-0.25, -0.2) is 4.98 Å². The van der Waals surface area contributed by atoms with Gasteiger partial charge in [0.25, 0.3) is 0 Å². The van der Waals surface area contributed by atoms with E-state index >= 15 is 0 Å². The van der Waals surface area contributed by atoms with Gasteiger partial charge in [-0.15, -0.1) is 0 Å². The van der Waals surface area contributed by atoms with Crippen molar-refractivity contribution in [3.63, 3.8) is 0 Å². The minimum Gasteiger partial charge on any atom is -0.497 e. The second-order valence-corrected chi connectivity index (χ2v) is 14.7. The Balaban J connectivity index is 1.13. The maximum Gasteiger partial charge on any atom is 0.145 e. The first-order valence-corrected chi connectivity index (χ1v) is 19.4. The van der Waals surface area contributed by atoms with Crippen LogP contribution in [0.1, 0.15) is 22.3 Å². The van der Waals surface area contributed by atoms with Gasteiger partial charge in [0.1, 0.15) is 11.6 Å². The van der Waals surface area contributed by atoms with Crippen molar-refractivity contribution in [2.75, 3.05) is 12.0 Å². The van der Waals surface area contributed by atoms with E-state index in [0.29, 0.717) is 0 Å². The molecular weight excluding hydrogens is 695 g/mol. The van der Waals surface area contributed by atoms with Gasteiger partial charge in [-0.2, -0.15) is 0 Å². The molecule has 9 aromatic carbocycles. The third-order valence-electron chi connectivity index (χ3n) is 11.8. The highest BCUT2D eigenvalue weighted by atomic mass is 16.5. The number of rotatable bonds is 6. The second kappa shape index (κ2) is 13.1. The zero-order valence-electron chi connectivity index (χ0n) is 31.4. The summed E-state index contributed by atoms with van der Waals surface area (Å²) in [6.07, 6.45) is 0. The van der Waals surface area contributed by atoms with Crippen LogP contribution in [0.3, 0.4) is 0 Å². The predicted molar refractivity (Wildman–Crippen MR) is 235 cm³/mol. The van der Waals surface area contributed by atoms with Crippen LogP contribution in [0.2, 0.25) is 0 Å². The van der Waals surface area contributed by atoms with Gasteiger partial charge in [0.2, 0.25) is 0 Å². The molecule has 4 heteroatoms. The number of hydrogen-bond acceptors (Lipinski definition) is 3. The second-order valence-electron chi connectivity index (χ2n) is 14.7. The molecule has 0 saturated carbocycles. The third kappa shape index (κ3) is 4.90. The molecule has 0 bridgehead atoms. The maximum atomic E-state index is 5.57. The Morgan fingerprint density at radius 2 is 0.912 bits per heavy atom. The molecular formula is C53H37N3O. The number of nitrogens with zero attached hydrogens (tertiary/aromatic N) is 3. The van der Waals surface area contributed by atoms with Crippen LogP contribution >= 0.6 is 0 Å². The third-order valence-corrected chi connectivity index (χ3v) is 11.8. The lowest BCUT2D eigenvalue weighted by atomic mass is 9.62. The lowest BCUT2D eigenvalue weighted by molar-refractivity contribution is 0.415. The first kappa shape index (κ1) is 33.0. The number of aromatic nitrogens is 2. The summed E-state index contributed by atoms with van der Waals surface area (Å²) >= 11 is 0. The van der Waals surface area contributed by atoms with Gasteiger partial charge in [0.15, 0.2) is 0 Å². The Hall–Kier alpha value is -7.43. The van der Waals surface area contributed by atoms with Crippen molar-refractivity contribution in [1.82, 2.24) is 9.55 Å². The summed E-state index contributed by atoms with van der Waals surface area (Å²) in [7, 11) is 1.71. The molecule has 0 aliphatic carbocycles. The molecule has 0 unspecified atom stereocenters. The summed E-state index contributed by atoms with van der Waals surface area (Å²) in [5, 5.41) is 4.71. The minimum absolute atomic E-state index is 0.513. The molecule has 0 spiro atoms. The van der Waals surface area contributed by atoms with Crippen molar-refractivity contribution in [3.05, 3.63) is 229 Å². The van der Waals surface area contributed by atoms with E-state index in [4.69, 9.17) is 9.72 Å². The van der Waals surface area contributed by atoms with Crippen LogP contribution in [0.15, 0.2) is 206 Å². The Morgan fingerprint density at radius 1 is 0.439 bits per heavy atom. The van der Waals surface area contributed by atoms with Gasteiger partial charge in [-0.3, -0.25) is 4.57 Å². The molecule has 11 rings (SSSR count). The highest BCUT2D eigenvalue weighted by molar-refractivity contribution is 6.24. The number of imidazole rings is 1. The maximum absolute atomic E-state index is 5.57. The number of anilines is 3. The number of fused-ring (bicyclic) bond motifs is 8. The molecule has 270 valence electrons. The van der Waals surface area contributed by atoms with Crippen molar-refractivity contribution in [1.29, 1.82) is 0 Å². The summed E-state index contributed by atoms with van der Waals surface area (Å²) in [5.74, 6) is 1.70. The topological polar surface area (TPSA) is 30.3 Å². The van der Waals surface area contributed by atoms with E-state index in [9.17, 15) is 0 Å². The lowest BCUT2D eigenvalue weighted by Crippen LogP contribution is -2.37. The van der Waals surface area contributed by atoms with Crippen molar-refractivity contribution in [3.8, 4) is 22.8 Å². The minimum atomic E-state index is -0.513. The number of ether oxygens (including phenoxy) is 1. The van der Waals surface area contributed by atoms with E-state index in [1.807, 2.05) is 12.1 Å². The first-order chi connectivity index (χ1) is 28.3. The molecule has 0 amide bonds. The van der Waals surface area contributed by atoms with Crippen molar-refractivity contribution < 1.29 is 4.74 Å². The van der Waals surface area contributed by atoms with Crippen molar-refractivity contribution in [2.24, 2.45) is 0 Å². The molecule has 1 aliphatic rings. The fourth-order valence-electron chi connectivity index (χ4n) is 9.33. The van der Waals surface area contributed by atoms with Gasteiger partial charge in [0, 0.05) is 27.7 Å². The van der Waals surface area contributed by atoms with Gasteiger partial charge in [0.05, 0.1) is 34.9 Å². The van der Waals surface area contributed by atoms with E-state index in [0.717, 1.165) is 56.3 Å². The molecule has 0 radical (unpaired) electrons. The molecule has 1 aliphatic heterocycles. The van der Waals surface area contributed by atoms with Gasteiger partial charge in [-0.05, 0) is 93.7 Å². The molecule has 57 heavy (non-hydrogen) atoms. The van der Waals surface area contributed by atoms with E-state index in [1.54, 1.807) is 7.11 Å². The van der Waals surface area contributed by atoms with Crippen LogP contribution in [0, 0.1) is 0 Å². The molecule has 2 heterocycles. The molecule has 10 aromatic rings. The van der Waals surface area contributed by atoms with E-state index in [1.165, 1.54) is 38.4 Å². The average molecular weight is 732 g/mol. The Bertz CT molecular complexity index is 3010. The lowest BCUT2D eigenvalue weighted by Gasteiger charge is -2.46. The van der Waals surface area contributed by atoms with Crippen LogP contribution in [0.25, 0.3) is 49.7 Å². The quantitative estimate of drug-likeness (QED) is 0.160. The Labute approximate surface area is 331 Å². The van der Waals surface area contributed by atoms with Crippen LogP contribution in [-0.4, -0.2) is 16.7 Å². The van der Waals surface area contributed by atoms with Crippen molar-refractivity contribution in [2.45, 2.75) is 5.41 Å². The highest BCUT2D eigenvalue weighted by Gasteiger charge is 2.46. The van der Waals surface area contributed by atoms with Crippen molar-refractivity contribution >= 4 is 49.6 Å². The largest absolute Gasteiger partial charge is 0.497 e. The summed E-state index contributed by atoms with van der Waals surface area (Å²) < 4.78 is 7.89. The molecule has 0 N–H and O–H groups in total. The summed E-state index contributed by atoms with van der Waals surface area (Å²) in [6.45, 7) is 0. The Morgan fingerprint density at radius 3 is 1.49 bits per heavy atom. The Kier molecular flexibility index (Phi) is 7.58. The number of methoxy groups -OCH3 is 1. The van der Waals surface area contributed by atoms with Crippen LogP contribution in [0.4, 0.5) is 17.1 Å².